The Morgan fingerprint density at radius 1 is 0.641 bits per heavy atom. The van der Waals surface area contributed by atoms with Gasteiger partial charge in [-0.15, -0.1) is 0 Å². The quantitative estimate of drug-likeness (QED) is 0.105. The van der Waals surface area contributed by atoms with Crippen molar-refractivity contribution in [2.24, 2.45) is 0 Å². The summed E-state index contributed by atoms with van der Waals surface area (Å²) < 4.78 is 23.7. The number of aryl methyl sites for hydroxylation is 1. The topological polar surface area (TPSA) is 71.1 Å². The molecule has 2 atom stereocenters. The van der Waals surface area contributed by atoms with Gasteiger partial charge < -0.3 is 18.9 Å². The third kappa shape index (κ3) is 7.65. The van der Waals surface area contributed by atoms with Crippen LogP contribution in [0.25, 0.3) is 21.5 Å². The molecule has 212 valence electrons. The Balaban J connectivity index is 2.24. The molecule has 0 aliphatic heterocycles. The van der Waals surface area contributed by atoms with Crippen LogP contribution in [0.15, 0.2) is 42.5 Å². The number of benzene rings is 3. The summed E-state index contributed by atoms with van der Waals surface area (Å²) in [4.78, 5) is 25.7. The number of hydrogen-bond acceptors (Lipinski definition) is 6. The second-order valence-electron chi connectivity index (χ2n) is 9.84. The van der Waals surface area contributed by atoms with Crippen molar-refractivity contribution in [3.63, 3.8) is 0 Å². The van der Waals surface area contributed by atoms with E-state index in [4.69, 9.17) is 18.9 Å². The first kappa shape index (κ1) is 30.3. The zero-order valence-corrected chi connectivity index (χ0v) is 24.2. The van der Waals surface area contributed by atoms with Gasteiger partial charge in [0.1, 0.15) is 11.5 Å². The van der Waals surface area contributed by atoms with E-state index in [0.29, 0.717) is 37.6 Å². The lowest BCUT2D eigenvalue weighted by atomic mass is 9.96. The van der Waals surface area contributed by atoms with Gasteiger partial charge in [0.25, 0.3) is 0 Å². The van der Waals surface area contributed by atoms with Crippen LogP contribution in [0.1, 0.15) is 85.1 Å². The molecule has 3 rings (SSSR count). The van der Waals surface area contributed by atoms with Gasteiger partial charge in [0, 0.05) is 21.5 Å². The van der Waals surface area contributed by atoms with Crippen LogP contribution in [-0.2, 0) is 25.5 Å². The van der Waals surface area contributed by atoms with Crippen LogP contribution in [0.5, 0.6) is 11.5 Å². The monoisotopic (exact) mass is 536 g/mol. The second-order valence-corrected chi connectivity index (χ2v) is 9.84. The van der Waals surface area contributed by atoms with E-state index in [-0.39, 0.29) is 11.9 Å². The van der Waals surface area contributed by atoms with Crippen LogP contribution in [0, 0.1) is 0 Å². The van der Waals surface area contributed by atoms with E-state index < -0.39 is 12.2 Å². The molecule has 0 saturated heterocycles. The van der Waals surface area contributed by atoms with Crippen LogP contribution in [-0.4, -0.2) is 37.4 Å². The Morgan fingerprint density at radius 3 is 1.64 bits per heavy atom. The fourth-order valence-corrected chi connectivity index (χ4v) is 4.86. The molecule has 0 spiro atoms. The van der Waals surface area contributed by atoms with Crippen LogP contribution < -0.4 is 9.47 Å². The largest absolute Gasteiger partial charge is 0.477 e. The van der Waals surface area contributed by atoms with E-state index in [1.807, 2.05) is 38.1 Å². The summed E-state index contributed by atoms with van der Waals surface area (Å²) >= 11 is 0. The number of esters is 2. The Hall–Kier alpha value is -3.28. The first-order valence-electron chi connectivity index (χ1n) is 14.6. The van der Waals surface area contributed by atoms with E-state index in [1.165, 1.54) is 5.56 Å². The highest BCUT2D eigenvalue weighted by Gasteiger charge is 2.27. The summed E-state index contributed by atoms with van der Waals surface area (Å²) in [6.07, 6.45) is 5.56. The highest BCUT2D eigenvalue weighted by molar-refractivity contribution is 6.11. The Labute approximate surface area is 233 Å². The van der Waals surface area contributed by atoms with Gasteiger partial charge in [-0.05, 0) is 51.2 Å². The van der Waals surface area contributed by atoms with Gasteiger partial charge in [-0.1, -0.05) is 82.9 Å². The van der Waals surface area contributed by atoms with Gasteiger partial charge in [-0.2, -0.15) is 0 Å². The van der Waals surface area contributed by atoms with Crippen LogP contribution >= 0.6 is 0 Å². The molecule has 0 aliphatic rings. The molecule has 0 fully saturated rings. The van der Waals surface area contributed by atoms with Crippen LogP contribution in [0.2, 0.25) is 0 Å². The Morgan fingerprint density at radius 2 is 1.15 bits per heavy atom. The molecule has 6 heteroatoms. The first-order valence-corrected chi connectivity index (χ1v) is 14.6. The van der Waals surface area contributed by atoms with Crippen LogP contribution in [0.3, 0.4) is 0 Å². The standard InChI is InChI=1S/C33H44O6/c1-6-11-12-17-23-20-21-26-27(22-23)31(39-29(16-8-3)33(35)37-10-5)25-19-14-13-18-24(25)30(26)38-28(15-7-2)32(34)36-9-4/h13-14,18-22,28-29H,6-12,15-17H2,1-5H3. The van der Waals surface area contributed by atoms with Crippen molar-refractivity contribution in [1.29, 1.82) is 0 Å². The van der Waals surface area contributed by atoms with E-state index in [9.17, 15) is 9.59 Å². The molecule has 0 aliphatic carbocycles. The van der Waals surface area contributed by atoms with E-state index in [0.717, 1.165) is 60.1 Å². The van der Waals surface area contributed by atoms with Crippen molar-refractivity contribution >= 4 is 33.5 Å². The molecule has 0 N–H and O–H groups in total. The summed E-state index contributed by atoms with van der Waals surface area (Å²) in [5, 5.41) is 3.35. The number of hydrogen-bond donors (Lipinski definition) is 0. The lowest BCUT2D eigenvalue weighted by Crippen LogP contribution is -2.30. The second kappa shape index (κ2) is 15.3. The molecule has 3 aromatic carbocycles. The Bertz CT molecular complexity index is 1230. The smallest absolute Gasteiger partial charge is 0.347 e. The highest BCUT2D eigenvalue weighted by Crippen LogP contribution is 2.44. The molecule has 0 amide bonds. The highest BCUT2D eigenvalue weighted by atomic mass is 16.6. The number of ether oxygens (including phenoxy) is 4. The molecular formula is C33H44O6. The molecule has 0 aromatic heterocycles. The maximum atomic E-state index is 12.8. The lowest BCUT2D eigenvalue weighted by Gasteiger charge is -2.24. The zero-order valence-electron chi connectivity index (χ0n) is 24.2. The molecule has 6 nitrogen and oxygen atoms in total. The van der Waals surface area contributed by atoms with Crippen LogP contribution in [0.4, 0.5) is 0 Å². The van der Waals surface area contributed by atoms with Gasteiger partial charge in [-0.3, -0.25) is 0 Å². The Kier molecular flexibility index (Phi) is 11.9. The van der Waals surface area contributed by atoms with Crippen molar-refractivity contribution in [3.05, 3.63) is 48.0 Å². The summed E-state index contributed by atoms with van der Waals surface area (Å²) in [5.41, 5.74) is 1.20. The molecular weight excluding hydrogens is 492 g/mol. The normalized spacial score (nSPS) is 12.7. The maximum Gasteiger partial charge on any atom is 0.347 e. The summed E-state index contributed by atoms with van der Waals surface area (Å²) in [6.45, 7) is 10.4. The van der Waals surface area contributed by atoms with Gasteiger partial charge in [0.2, 0.25) is 0 Å². The number of rotatable bonds is 16. The van der Waals surface area contributed by atoms with Gasteiger partial charge >= 0.3 is 11.9 Å². The number of carbonyl (C=O) groups is 2. The molecule has 0 radical (unpaired) electrons. The minimum Gasteiger partial charge on any atom is -0.477 e. The van der Waals surface area contributed by atoms with E-state index in [2.05, 4.69) is 25.1 Å². The zero-order chi connectivity index (χ0) is 28.2. The molecule has 0 bridgehead atoms. The predicted octanol–water partition coefficient (Wildman–Crippen LogP) is 7.95. The van der Waals surface area contributed by atoms with Crippen molar-refractivity contribution < 1.29 is 28.5 Å². The van der Waals surface area contributed by atoms with Gasteiger partial charge in [0.05, 0.1) is 13.2 Å². The predicted molar refractivity (Wildman–Crippen MR) is 157 cm³/mol. The van der Waals surface area contributed by atoms with Crippen molar-refractivity contribution in [3.8, 4) is 11.5 Å². The summed E-state index contributed by atoms with van der Waals surface area (Å²) in [7, 11) is 0. The van der Waals surface area contributed by atoms with E-state index >= 15 is 0 Å². The third-order valence-electron chi connectivity index (χ3n) is 6.78. The average Bonchev–Trinajstić information content (AvgIpc) is 2.94. The molecule has 2 unspecified atom stereocenters. The molecule has 39 heavy (non-hydrogen) atoms. The lowest BCUT2D eigenvalue weighted by molar-refractivity contribution is -0.152. The minimum absolute atomic E-state index is 0.296. The van der Waals surface area contributed by atoms with E-state index in [1.54, 1.807) is 13.8 Å². The fraction of sp³-hybridized carbons (Fsp3) is 0.515. The van der Waals surface area contributed by atoms with Gasteiger partial charge in [0.15, 0.2) is 12.2 Å². The fourth-order valence-electron chi connectivity index (χ4n) is 4.86. The van der Waals surface area contributed by atoms with Gasteiger partial charge in [-0.25, -0.2) is 9.59 Å². The summed E-state index contributed by atoms with van der Waals surface area (Å²) in [5.74, 6) is 0.544. The van der Waals surface area contributed by atoms with Crippen molar-refractivity contribution in [2.75, 3.05) is 13.2 Å². The molecule has 0 saturated carbocycles. The summed E-state index contributed by atoms with van der Waals surface area (Å²) in [6, 6.07) is 14.2. The SMILES string of the molecule is CCCCCc1ccc2c(OC(CCC)C(=O)OCC)c3ccccc3c(OC(CCC)C(=O)OCC)c2c1. The molecule has 0 heterocycles. The van der Waals surface area contributed by atoms with Crippen molar-refractivity contribution in [1.82, 2.24) is 0 Å². The minimum atomic E-state index is -0.718. The first-order chi connectivity index (χ1) is 19.0. The number of unbranched alkanes of at least 4 members (excludes halogenated alkanes) is 2. The number of carbonyl (C=O) groups excluding carboxylic acids is 2. The number of fused-ring (bicyclic) bond motifs is 2. The third-order valence-corrected chi connectivity index (χ3v) is 6.78. The van der Waals surface area contributed by atoms with Crippen molar-refractivity contribution in [2.45, 2.75) is 98.2 Å². The average molecular weight is 537 g/mol. The molecule has 3 aromatic rings. The maximum absolute atomic E-state index is 12.8.